The number of nitrogens with one attached hydrogen (secondary N) is 2. The number of ether oxygens (including phenoxy) is 1. The molecule has 2 rings (SSSR count). The topological polar surface area (TPSA) is 125 Å². The maximum absolute atomic E-state index is 12.1. The Morgan fingerprint density at radius 3 is 2.57 bits per heavy atom. The summed E-state index contributed by atoms with van der Waals surface area (Å²) in [5, 5.41) is 4.40. The molecule has 1 aromatic carbocycles. The highest BCUT2D eigenvalue weighted by molar-refractivity contribution is 6.10. The first-order valence-electron chi connectivity index (χ1n) is 15.0. The van der Waals surface area contributed by atoms with Gasteiger partial charge in [0.1, 0.15) is 17.2 Å². The summed E-state index contributed by atoms with van der Waals surface area (Å²) in [6.07, 6.45) is 15.5. The number of rotatable bonds is 15. The molecule has 1 aromatic rings. The minimum atomic E-state index is 0.401. The Kier molecular flexibility index (Phi) is 14.8. The van der Waals surface area contributed by atoms with Crippen LogP contribution in [0.5, 0.6) is 5.75 Å². The third-order valence-corrected chi connectivity index (χ3v) is 7.08. The Morgan fingerprint density at radius 1 is 1.24 bits per heavy atom. The quantitative estimate of drug-likeness (QED) is 0.0963. The Hall–Kier alpha value is -5.34. The van der Waals surface area contributed by atoms with Crippen molar-refractivity contribution in [3.05, 3.63) is 107 Å². The first kappa shape index (κ1) is 36.8. The number of hydrazine groups is 1. The van der Waals surface area contributed by atoms with E-state index < -0.39 is 0 Å². The van der Waals surface area contributed by atoms with Crippen molar-refractivity contribution in [1.29, 1.82) is 0 Å². The second kappa shape index (κ2) is 18.5. The standard InChI is InChI=1S/C36H47N7O3/c1-10-12-14-29(18-17-26(4)34(23-44)42(8)22-30(20-38-7)27(5)37)31-15-13-16-32(36(31)46-9)40-33-19-35(39-24-45)41-43(28(33)6)21-25(3)11-2/h12-21,24,41H,6,10-11,22,37H2,1-5,7-9H3,(H,39,45)/b14-12+,25-21-,26-17+,29-18+,30-27?,38-20?,40-33?. The van der Waals surface area contributed by atoms with Crippen LogP contribution in [0.1, 0.15) is 53.0 Å². The molecule has 0 unspecified atom stereocenters. The molecule has 0 aromatic heterocycles. The van der Waals surface area contributed by atoms with E-state index in [1.54, 1.807) is 43.3 Å². The van der Waals surface area contributed by atoms with Crippen LogP contribution in [0.15, 0.2) is 111 Å². The fourth-order valence-corrected chi connectivity index (χ4v) is 4.40. The Balaban J connectivity index is 2.64. The number of allylic oxidation sites excluding steroid dienone is 9. The minimum Gasteiger partial charge on any atom is -0.494 e. The van der Waals surface area contributed by atoms with Crippen molar-refractivity contribution in [2.24, 2.45) is 15.7 Å². The lowest BCUT2D eigenvalue weighted by Crippen LogP contribution is -2.43. The zero-order valence-corrected chi connectivity index (χ0v) is 28.3. The van der Waals surface area contributed by atoms with E-state index in [1.807, 2.05) is 63.5 Å². The summed E-state index contributed by atoms with van der Waals surface area (Å²) < 4.78 is 5.93. The van der Waals surface area contributed by atoms with Crippen LogP contribution < -0.4 is 21.2 Å². The van der Waals surface area contributed by atoms with E-state index >= 15 is 0 Å². The van der Waals surface area contributed by atoms with E-state index in [2.05, 4.69) is 48.2 Å². The molecule has 1 heterocycles. The first-order chi connectivity index (χ1) is 22.0. The second-order valence-corrected chi connectivity index (χ2v) is 10.6. The summed E-state index contributed by atoms with van der Waals surface area (Å²) in [6, 6.07) is 5.72. The van der Waals surface area contributed by atoms with Gasteiger partial charge >= 0.3 is 0 Å². The third-order valence-electron chi connectivity index (χ3n) is 7.08. The van der Waals surface area contributed by atoms with Crippen LogP contribution in [0.3, 0.4) is 0 Å². The van der Waals surface area contributed by atoms with Gasteiger partial charge in [-0.15, -0.1) is 0 Å². The van der Waals surface area contributed by atoms with Crippen LogP contribution in [-0.2, 0) is 9.59 Å². The summed E-state index contributed by atoms with van der Waals surface area (Å²) >= 11 is 0. The third kappa shape index (κ3) is 10.1. The maximum Gasteiger partial charge on any atom is 0.212 e. The van der Waals surface area contributed by atoms with Gasteiger partial charge in [-0.25, -0.2) is 9.79 Å². The van der Waals surface area contributed by atoms with Crippen LogP contribution in [0.2, 0.25) is 0 Å². The molecule has 0 aliphatic carbocycles. The van der Waals surface area contributed by atoms with E-state index in [4.69, 9.17) is 15.5 Å². The number of nitrogens with two attached hydrogens (primary N) is 1. The minimum absolute atomic E-state index is 0.401. The van der Waals surface area contributed by atoms with Crippen molar-refractivity contribution in [2.75, 3.05) is 27.7 Å². The molecule has 1 aliphatic heterocycles. The molecule has 0 radical (unpaired) electrons. The number of aliphatic imine (C=N–C) groups is 2. The van der Waals surface area contributed by atoms with E-state index in [9.17, 15) is 9.59 Å². The van der Waals surface area contributed by atoms with Gasteiger partial charge in [-0.2, -0.15) is 0 Å². The normalized spacial score (nSPS) is 15.9. The highest BCUT2D eigenvalue weighted by Crippen LogP contribution is 2.37. The van der Waals surface area contributed by atoms with Gasteiger partial charge in [-0.05, 0) is 50.8 Å². The fraction of sp³-hybridized carbons (Fsp3) is 0.306. The smallest absolute Gasteiger partial charge is 0.212 e. The highest BCUT2D eigenvalue weighted by atomic mass is 16.5. The maximum atomic E-state index is 12.1. The van der Waals surface area contributed by atoms with Gasteiger partial charge < -0.3 is 20.7 Å². The number of hydrogen-bond donors (Lipinski definition) is 3. The van der Waals surface area contributed by atoms with Gasteiger partial charge in [-0.3, -0.25) is 20.2 Å². The number of amides is 1. The Bertz CT molecular complexity index is 1580. The van der Waals surface area contributed by atoms with Crippen molar-refractivity contribution in [2.45, 2.75) is 47.5 Å². The highest BCUT2D eigenvalue weighted by Gasteiger charge is 2.20. The Labute approximate surface area is 273 Å². The van der Waals surface area contributed by atoms with E-state index in [1.165, 1.54) is 0 Å². The van der Waals surface area contributed by atoms with Crippen LogP contribution in [0.25, 0.3) is 5.57 Å². The number of carbonyl (C=O) groups excluding carboxylic acids is 2. The summed E-state index contributed by atoms with van der Waals surface area (Å²) in [4.78, 5) is 34.1. The molecule has 0 fully saturated rings. The monoisotopic (exact) mass is 625 g/mol. The molecule has 0 bridgehead atoms. The summed E-state index contributed by atoms with van der Waals surface area (Å²) in [7, 11) is 5.10. The summed E-state index contributed by atoms with van der Waals surface area (Å²) in [6.45, 7) is 14.4. The molecule has 1 amide bonds. The molecule has 0 saturated carbocycles. The van der Waals surface area contributed by atoms with Gasteiger partial charge in [0.15, 0.2) is 11.7 Å². The predicted octanol–water partition coefficient (Wildman–Crippen LogP) is 5.88. The Morgan fingerprint density at radius 2 is 1.98 bits per heavy atom. The van der Waals surface area contributed by atoms with Crippen molar-refractivity contribution in [3.8, 4) is 5.75 Å². The van der Waals surface area contributed by atoms with Gasteiger partial charge in [0.25, 0.3) is 0 Å². The van der Waals surface area contributed by atoms with Crippen molar-refractivity contribution in [3.63, 3.8) is 0 Å². The van der Waals surface area contributed by atoms with Crippen molar-refractivity contribution >= 4 is 35.5 Å². The lowest BCUT2D eigenvalue weighted by molar-refractivity contribution is -0.109. The van der Waals surface area contributed by atoms with Crippen LogP contribution in [0, 0.1) is 0 Å². The number of para-hydroxylation sites is 1. The largest absolute Gasteiger partial charge is 0.494 e. The molecular weight excluding hydrogens is 578 g/mol. The van der Waals surface area contributed by atoms with E-state index in [-0.39, 0.29) is 0 Å². The molecule has 1 aliphatic rings. The van der Waals surface area contributed by atoms with Gasteiger partial charge in [0, 0.05) is 56.0 Å². The van der Waals surface area contributed by atoms with Crippen LogP contribution >= 0.6 is 0 Å². The SMILES string of the molecule is C=C1C(=Nc2cccc(C(/C=C/CC)=C/C=C(\C)C(=C=O)N(C)CC(C=NC)=C(C)N)c2OC)C=C(NC=O)NN1/C=C(/C)CC. The lowest BCUT2D eigenvalue weighted by atomic mass is 10.0. The van der Waals surface area contributed by atoms with Crippen molar-refractivity contribution < 1.29 is 14.3 Å². The van der Waals surface area contributed by atoms with Gasteiger partial charge in [-0.1, -0.05) is 62.4 Å². The zero-order chi connectivity index (χ0) is 34.2. The van der Waals surface area contributed by atoms with Crippen LogP contribution in [0.4, 0.5) is 5.69 Å². The van der Waals surface area contributed by atoms with E-state index in [0.717, 1.165) is 40.7 Å². The van der Waals surface area contributed by atoms with Crippen LogP contribution in [-0.4, -0.2) is 61.9 Å². The number of hydrogen-bond acceptors (Lipinski definition) is 9. The average Bonchev–Trinajstić information content (AvgIpc) is 3.03. The first-order valence-corrected chi connectivity index (χ1v) is 15.0. The summed E-state index contributed by atoms with van der Waals surface area (Å²) in [5.41, 5.74) is 16.2. The number of benzene rings is 1. The van der Waals surface area contributed by atoms with Gasteiger partial charge in [0.2, 0.25) is 6.41 Å². The molecule has 244 valence electrons. The number of carbonyl (C=O) groups is 1. The molecule has 46 heavy (non-hydrogen) atoms. The summed E-state index contributed by atoms with van der Waals surface area (Å²) in [5.74, 6) is 3.09. The van der Waals surface area contributed by atoms with E-state index in [0.29, 0.717) is 53.0 Å². The molecule has 0 saturated heterocycles. The molecule has 0 spiro atoms. The molecule has 4 N–H and O–H groups in total. The predicted molar refractivity (Wildman–Crippen MR) is 190 cm³/mol. The number of methoxy groups -OCH3 is 1. The molecule has 0 atom stereocenters. The number of likely N-dealkylation sites (N-methyl/N-ethyl adjacent to an activating group) is 1. The molecule has 10 nitrogen and oxygen atoms in total. The fourth-order valence-electron chi connectivity index (χ4n) is 4.40. The zero-order valence-electron chi connectivity index (χ0n) is 28.3. The average molecular weight is 626 g/mol. The molecular formula is C36H47N7O3. The lowest BCUT2D eigenvalue weighted by Gasteiger charge is -2.30. The van der Waals surface area contributed by atoms with Crippen molar-refractivity contribution in [1.82, 2.24) is 20.7 Å². The molecule has 10 heteroatoms. The van der Waals surface area contributed by atoms with Gasteiger partial charge in [0.05, 0.1) is 18.5 Å². The second-order valence-electron chi connectivity index (χ2n) is 10.6. The number of nitrogens with zero attached hydrogens (tertiary/aromatic N) is 4.